The highest BCUT2D eigenvalue weighted by Crippen LogP contribution is 2.41. The molecule has 0 bridgehead atoms. The maximum Gasteiger partial charge on any atom is 0.341 e. The van der Waals surface area contributed by atoms with E-state index in [9.17, 15) is 44.7 Å². The predicted molar refractivity (Wildman–Crippen MR) is 298 cm³/mol. The van der Waals surface area contributed by atoms with E-state index in [1.807, 2.05) is 63.8 Å². The molecule has 1 aromatic carbocycles. The molecule has 21 heteroatoms. The first kappa shape index (κ1) is 67.1. The van der Waals surface area contributed by atoms with Gasteiger partial charge in [0.15, 0.2) is 18.7 Å². The van der Waals surface area contributed by atoms with Gasteiger partial charge in [-0.2, -0.15) is 0 Å². The number of hydrogen-bond donors (Lipinski definition) is 5. The van der Waals surface area contributed by atoms with Crippen molar-refractivity contribution in [3.05, 3.63) is 45.7 Å². The fourth-order valence-corrected chi connectivity index (χ4v) is 12.2. The molecule has 80 heavy (non-hydrogen) atoms. The zero-order chi connectivity index (χ0) is 59.6. The van der Waals surface area contributed by atoms with Crippen LogP contribution in [-0.4, -0.2) is 209 Å². The molecule has 3 fully saturated rings. The molecular weight excluding hydrogens is 1040 g/mol. The summed E-state index contributed by atoms with van der Waals surface area (Å²) < 4.78 is 58.1. The number of aryl methyl sites for hydroxylation is 2. The second-order valence-electron chi connectivity index (χ2n) is 23.9. The van der Waals surface area contributed by atoms with E-state index < -0.39 is 113 Å². The number of esters is 2. The predicted octanol–water partition coefficient (Wildman–Crippen LogP) is 4.93. The number of likely N-dealkylation sites (N-methyl/N-ethyl adjacent to an activating group) is 2. The first-order valence-electron chi connectivity index (χ1n) is 28.8. The van der Waals surface area contributed by atoms with Crippen LogP contribution in [0.1, 0.15) is 137 Å². The number of aromatic nitrogens is 1. The third-order valence-corrected chi connectivity index (χ3v) is 16.8. The number of methoxy groups -OCH3 is 1. The van der Waals surface area contributed by atoms with Gasteiger partial charge in [0.2, 0.25) is 5.43 Å². The highest BCUT2D eigenvalue weighted by atomic mass is 16.7. The van der Waals surface area contributed by atoms with Gasteiger partial charge in [-0.25, -0.2) is 4.79 Å². The molecule has 5 rings (SSSR count). The molecule has 3 aliphatic heterocycles. The number of benzene rings is 1. The Bertz CT molecular complexity index is 2380. The Morgan fingerprint density at radius 2 is 1.57 bits per heavy atom. The number of carbonyl (C=O) groups is 3. The number of aromatic carboxylic acids is 1. The molecule has 0 aliphatic carbocycles. The van der Waals surface area contributed by atoms with Gasteiger partial charge >= 0.3 is 17.9 Å². The summed E-state index contributed by atoms with van der Waals surface area (Å²) in [6.45, 7) is 21.4. The maximum absolute atomic E-state index is 14.6. The van der Waals surface area contributed by atoms with Crippen molar-refractivity contribution in [2.75, 3.05) is 61.2 Å². The van der Waals surface area contributed by atoms with Gasteiger partial charge in [0.25, 0.3) is 0 Å². The lowest BCUT2D eigenvalue weighted by Gasteiger charge is -2.49. The van der Waals surface area contributed by atoms with E-state index in [0.29, 0.717) is 49.9 Å². The Hall–Kier alpha value is -3.68. The third-order valence-electron chi connectivity index (χ3n) is 16.8. The second kappa shape index (κ2) is 29.2. The van der Waals surface area contributed by atoms with Gasteiger partial charge in [0.05, 0.1) is 67.7 Å². The van der Waals surface area contributed by atoms with Crippen LogP contribution in [0.25, 0.3) is 10.9 Å². The Morgan fingerprint density at radius 1 is 0.900 bits per heavy atom. The molecule has 3 saturated heterocycles. The average molecular weight is 1140 g/mol. The standard InChI is InChI=1S/C59H97N3O18/c1-16-23-62-33-42(54(67)68)48(64)41-29-40(20-21-43(41)62)19-18-24-73-26-27-74-25-22-46(63)78-53-39(8)76-47(31-58(53,10)72-15)79-50-36(5)52(80-56-49(65)44(60(12)13)28-35(4)75-56)57(9,70)30-34(3)32-61(14)38(7)51(66)59(11,71)45(17-2)77-55(69)37(50)6/h20-21,29,33-39,44-45,47,49-53,56,65-66,70-71H,16-19,22-28,30-32H2,1-15H3,(H,67,68)/t34-,35-,36+,37-,38-,39+,44+,45-,47+,49-,50+,51-,52-,53+,56+,57-,58-,59-/m1/s1. The molecule has 2 aromatic rings. The summed E-state index contributed by atoms with van der Waals surface area (Å²) in [5.74, 6) is -4.68. The lowest BCUT2D eigenvalue weighted by Crippen LogP contribution is -2.61. The van der Waals surface area contributed by atoms with Crippen molar-refractivity contribution in [3.63, 3.8) is 0 Å². The minimum atomic E-state index is -1.87. The normalized spacial score (nSPS) is 36.3. The molecule has 1 aromatic heterocycles. The van der Waals surface area contributed by atoms with Crippen LogP contribution in [0, 0.1) is 17.8 Å². The number of hydrogen-bond acceptors (Lipinski definition) is 19. The van der Waals surface area contributed by atoms with Gasteiger partial charge in [-0.3, -0.25) is 14.4 Å². The summed E-state index contributed by atoms with van der Waals surface area (Å²) in [7, 11) is 7.06. The summed E-state index contributed by atoms with van der Waals surface area (Å²) in [4.78, 5) is 56.6. The van der Waals surface area contributed by atoms with E-state index in [-0.39, 0.29) is 69.1 Å². The topological polar surface area (TPSA) is 264 Å². The molecule has 0 spiro atoms. The van der Waals surface area contributed by atoms with Gasteiger partial charge in [0.1, 0.15) is 35.1 Å². The van der Waals surface area contributed by atoms with Crippen LogP contribution in [0.4, 0.5) is 0 Å². The van der Waals surface area contributed by atoms with Crippen LogP contribution < -0.4 is 5.43 Å². The van der Waals surface area contributed by atoms with E-state index in [4.69, 9.17) is 42.6 Å². The summed E-state index contributed by atoms with van der Waals surface area (Å²) in [6.07, 6.45) is -5.75. The zero-order valence-corrected chi connectivity index (χ0v) is 50.3. The monoisotopic (exact) mass is 1140 g/mol. The fraction of sp³-hybridized carbons (Fsp3) is 0.797. The van der Waals surface area contributed by atoms with Crippen LogP contribution in [0.2, 0.25) is 0 Å². The first-order chi connectivity index (χ1) is 37.5. The Kier molecular flexibility index (Phi) is 24.5. The lowest BCUT2D eigenvalue weighted by molar-refractivity contribution is -0.318. The number of aliphatic hydroxyl groups is 4. The van der Waals surface area contributed by atoms with Gasteiger partial charge in [-0.15, -0.1) is 0 Å². The molecule has 5 N–H and O–H groups in total. The number of fused-ring (bicyclic) bond motifs is 1. The van der Waals surface area contributed by atoms with Crippen molar-refractivity contribution >= 4 is 28.8 Å². The van der Waals surface area contributed by atoms with Crippen molar-refractivity contribution in [1.29, 1.82) is 0 Å². The van der Waals surface area contributed by atoms with E-state index >= 15 is 0 Å². The summed E-state index contributed by atoms with van der Waals surface area (Å²) >= 11 is 0. The molecule has 456 valence electrons. The highest BCUT2D eigenvalue weighted by molar-refractivity contribution is 5.92. The van der Waals surface area contributed by atoms with Crippen molar-refractivity contribution in [1.82, 2.24) is 14.4 Å². The van der Waals surface area contributed by atoms with E-state index in [1.54, 1.807) is 59.1 Å². The summed E-state index contributed by atoms with van der Waals surface area (Å²) in [6, 6.07) is 4.64. The number of carboxylic acids is 1. The highest BCUT2D eigenvalue weighted by Gasteiger charge is 2.54. The number of cyclic esters (lactones) is 1. The Morgan fingerprint density at radius 3 is 2.20 bits per heavy atom. The minimum Gasteiger partial charge on any atom is -0.477 e. The van der Waals surface area contributed by atoms with Gasteiger partial charge in [-0.1, -0.05) is 33.8 Å². The molecular formula is C59H97N3O18. The van der Waals surface area contributed by atoms with E-state index in [2.05, 4.69) is 0 Å². The Balaban J connectivity index is 1.26. The van der Waals surface area contributed by atoms with Gasteiger partial charge in [-0.05, 0) is 132 Å². The summed E-state index contributed by atoms with van der Waals surface area (Å²) in [5, 5.41) is 58.1. The van der Waals surface area contributed by atoms with Crippen LogP contribution >= 0.6 is 0 Å². The fourth-order valence-electron chi connectivity index (χ4n) is 12.2. The largest absolute Gasteiger partial charge is 0.477 e. The van der Waals surface area contributed by atoms with Gasteiger partial charge < -0.3 is 82.5 Å². The molecule has 0 unspecified atom stereocenters. The van der Waals surface area contributed by atoms with Crippen molar-refractivity contribution in [2.45, 2.75) is 224 Å². The molecule has 0 amide bonds. The molecule has 21 nitrogen and oxygen atoms in total. The van der Waals surface area contributed by atoms with Crippen LogP contribution in [-0.2, 0) is 65.2 Å². The van der Waals surface area contributed by atoms with Crippen LogP contribution in [0.5, 0.6) is 0 Å². The number of carboxylic acid groups (broad SMARTS) is 1. The summed E-state index contributed by atoms with van der Waals surface area (Å²) in [5.41, 5.74) is -3.84. The van der Waals surface area contributed by atoms with E-state index in [1.165, 1.54) is 20.2 Å². The van der Waals surface area contributed by atoms with Crippen LogP contribution in [0.15, 0.2) is 29.2 Å². The van der Waals surface area contributed by atoms with Gasteiger partial charge in [0, 0.05) is 62.8 Å². The number of ether oxygens (including phenoxy) is 9. The smallest absolute Gasteiger partial charge is 0.341 e. The number of rotatable bonds is 21. The lowest BCUT2D eigenvalue weighted by atomic mass is 9.77. The Labute approximate surface area is 473 Å². The second-order valence-corrected chi connectivity index (χ2v) is 23.9. The van der Waals surface area contributed by atoms with Crippen molar-refractivity contribution < 1.29 is 82.5 Å². The maximum atomic E-state index is 14.6. The average Bonchev–Trinajstić information content (AvgIpc) is 3.54. The number of pyridine rings is 1. The first-order valence-corrected chi connectivity index (χ1v) is 28.8. The van der Waals surface area contributed by atoms with Crippen molar-refractivity contribution in [2.24, 2.45) is 17.8 Å². The third kappa shape index (κ3) is 16.6. The molecule has 0 saturated carbocycles. The SMILES string of the molecule is CCCn1cc(C(=O)O)c(=O)c2cc(CCCOCCOCCC(=O)O[C@H]3[C@H](C)O[C@@H](O[C@H]4[C@H](C)[C@@H](O[C@@H]5O[C@H](C)C[C@H](N(C)C)[C@H]5O)[C@](C)(O)C[C@@H](C)CN(C)[C@H](C)[C@@H](O)[C@](C)(O)[C@@H](CC)OC(=O)[C@@H]4C)C[C@@]3(C)OC)ccc21. The number of nitrogens with zero attached hydrogens (tertiary/aromatic N) is 3. The molecule has 0 radical (unpaired) electrons. The minimum absolute atomic E-state index is 0.0317. The molecule has 4 heterocycles. The van der Waals surface area contributed by atoms with Crippen LogP contribution in [0.3, 0.4) is 0 Å². The van der Waals surface area contributed by atoms with E-state index in [0.717, 1.165) is 12.0 Å². The quantitative estimate of drug-likeness (QED) is 0.0820. The molecule has 3 aliphatic rings. The molecule has 18 atom stereocenters. The number of carbonyl (C=O) groups excluding carboxylic acids is 2. The van der Waals surface area contributed by atoms with Crippen molar-refractivity contribution in [3.8, 4) is 0 Å². The number of aliphatic hydroxyl groups excluding tert-OH is 2. The zero-order valence-electron chi connectivity index (χ0n) is 50.3.